The summed E-state index contributed by atoms with van der Waals surface area (Å²) < 4.78 is 0. The van der Waals surface area contributed by atoms with Crippen molar-refractivity contribution in [1.29, 1.82) is 0 Å². The van der Waals surface area contributed by atoms with Crippen LogP contribution in [0.2, 0.25) is 0 Å². The summed E-state index contributed by atoms with van der Waals surface area (Å²) in [6.07, 6.45) is 8.17. The molecule has 1 saturated carbocycles. The highest BCUT2D eigenvalue weighted by molar-refractivity contribution is 8.00. The summed E-state index contributed by atoms with van der Waals surface area (Å²) in [4.78, 5) is 26.0. The Hall–Kier alpha value is -0.460. The van der Waals surface area contributed by atoms with Crippen LogP contribution in [0.1, 0.15) is 44.9 Å². The van der Waals surface area contributed by atoms with Crippen molar-refractivity contribution in [2.24, 2.45) is 0 Å². The first kappa shape index (κ1) is 20.6. The molecule has 5 nitrogen and oxygen atoms in total. The summed E-state index contributed by atoms with van der Waals surface area (Å²) in [5.74, 6) is 0.986. The van der Waals surface area contributed by atoms with E-state index in [0.29, 0.717) is 17.5 Å². The third-order valence-corrected chi connectivity index (χ3v) is 5.55. The van der Waals surface area contributed by atoms with Crippen molar-refractivity contribution in [1.82, 2.24) is 15.5 Å². The van der Waals surface area contributed by atoms with E-state index in [-0.39, 0.29) is 30.3 Å². The average molecular weight is 364 g/mol. The molecule has 1 atom stereocenters. The quantitative estimate of drug-likeness (QED) is 0.755. The van der Waals surface area contributed by atoms with Gasteiger partial charge in [0.05, 0.1) is 11.5 Å². The first-order valence-electron chi connectivity index (χ1n) is 8.50. The van der Waals surface area contributed by atoms with E-state index in [9.17, 15) is 9.59 Å². The van der Waals surface area contributed by atoms with Crippen molar-refractivity contribution < 1.29 is 9.59 Å². The van der Waals surface area contributed by atoms with Crippen LogP contribution in [0.3, 0.4) is 0 Å². The van der Waals surface area contributed by atoms with Crippen LogP contribution in [0.25, 0.3) is 0 Å². The van der Waals surface area contributed by atoms with Crippen molar-refractivity contribution in [2.45, 2.75) is 57.0 Å². The van der Waals surface area contributed by atoms with Gasteiger partial charge in [0.1, 0.15) is 0 Å². The summed E-state index contributed by atoms with van der Waals surface area (Å²) >= 11 is 1.43. The Morgan fingerprint density at radius 2 is 1.87 bits per heavy atom. The largest absolute Gasteiger partial charge is 0.351 e. The maximum Gasteiger partial charge on any atom is 0.232 e. The normalized spacial score (nSPS) is 22.0. The molecule has 0 aromatic carbocycles. The molecule has 134 valence electrons. The molecule has 1 heterocycles. The van der Waals surface area contributed by atoms with Crippen LogP contribution in [0, 0.1) is 0 Å². The first-order valence-corrected chi connectivity index (χ1v) is 9.66. The fraction of sp³-hybridized carbons (Fsp3) is 0.875. The highest BCUT2D eigenvalue weighted by Crippen LogP contribution is 2.22. The van der Waals surface area contributed by atoms with Gasteiger partial charge in [0, 0.05) is 25.7 Å². The number of nitrogens with zero attached hydrogens (tertiary/aromatic N) is 1. The predicted molar refractivity (Wildman–Crippen MR) is 98.3 cm³/mol. The fourth-order valence-corrected chi connectivity index (χ4v) is 4.00. The number of thioether (sulfide) groups is 1. The van der Waals surface area contributed by atoms with Crippen molar-refractivity contribution in [2.75, 3.05) is 31.6 Å². The zero-order valence-corrected chi connectivity index (χ0v) is 15.6. The number of carbonyl (C=O) groups is 2. The summed E-state index contributed by atoms with van der Waals surface area (Å²) in [7, 11) is 1.91. The van der Waals surface area contributed by atoms with Gasteiger partial charge in [-0.25, -0.2) is 0 Å². The molecule has 2 N–H and O–H groups in total. The minimum Gasteiger partial charge on any atom is -0.351 e. The van der Waals surface area contributed by atoms with Gasteiger partial charge in [0.15, 0.2) is 0 Å². The van der Waals surface area contributed by atoms with Gasteiger partial charge in [-0.05, 0) is 32.2 Å². The zero-order valence-electron chi connectivity index (χ0n) is 14.0. The third kappa shape index (κ3) is 7.31. The maximum absolute atomic E-state index is 12.2. The Morgan fingerprint density at radius 3 is 2.52 bits per heavy atom. The van der Waals surface area contributed by atoms with Gasteiger partial charge < -0.3 is 15.5 Å². The second-order valence-electron chi connectivity index (χ2n) is 6.40. The molecule has 0 spiro atoms. The summed E-state index contributed by atoms with van der Waals surface area (Å²) in [5, 5.41) is 6.32. The molecule has 1 aliphatic heterocycles. The van der Waals surface area contributed by atoms with E-state index in [1.54, 1.807) is 0 Å². The molecule has 1 saturated heterocycles. The van der Waals surface area contributed by atoms with Gasteiger partial charge in [-0.15, -0.1) is 24.2 Å². The van der Waals surface area contributed by atoms with E-state index >= 15 is 0 Å². The molecule has 0 unspecified atom stereocenters. The van der Waals surface area contributed by atoms with Crippen LogP contribution in [0.4, 0.5) is 0 Å². The Kier molecular flexibility index (Phi) is 9.99. The number of piperidine rings is 1. The molecular weight excluding hydrogens is 334 g/mol. The molecule has 7 heteroatoms. The van der Waals surface area contributed by atoms with E-state index in [4.69, 9.17) is 0 Å². The average Bonchev–Trinajstić information content (AvgIpc) is 2.55. The van der Waals surface area contributed by atoms with E-state index in [0.717, 1.165) is 38.8 Å². The molecule has 23 heavy (non-hydrogen) atoms. The number of hydrogen-bond acceptors (Lipinski definition) is 4. The topological polar surface area (TPSA) is 61.4 Å². The number of rotatable bonds is 6. The highest BCUT2D eigenvalue weighted by atomic mass is 35.5. The van der Waals surface area contributed by atoms with Crippen molar-refractivity contribution >= 4 is 36.0 Å². The lowest BCUT2D eigenvalue weighted by atomic mass is 9.94. The van der Waals surface area contributed by atoms with Gasteiger partial charge >= 0.3 is 0 Å². The van der Waals surface area contributed by atoms with Crippen molar-refractivity contribution in [3.05, 3.63) is 0 Å². The Morgan fingerprint density at radius 1 is 1.13 bits per heavy atom. The van der Waals surface area contributed by atoms with Crippen LogP contribution >= 0.6 is 24.2 Å². The second-order valence-corrected chi connectivity index (χ2v) is 7.39. The second kappa shape index (κ2) is 11.2. The predicted octanol–water partition coefficient (Wildman–Crippen LogP) is 1.80. The zero-order chi connectivity index (χ0) is 15.8. The SMILES string of the molecule is CN(C(=O)CSCC(=O)N[C@H]1CCCNC1)C1CCCCC1.Cl. The van der Waals surface area contributed by atoms with Crippen LogP contribution in [-0.4, -0.2) is 60.4 Å². The highest BCUT2D eigenvalue weighted by Gasteiger charge is 2.22. The smallest absolute Gasteiger partial charge is 0.232 e. The molecule has 0 aromatic heterocycles. The lowest BCUT2D eigenvalue weighted by Gasteiger charge is -2.31. The summed E-state index contributed by atoms with van der Waals surface area (Å²) in [6.45, 7) is 1.91. The van der Waals surface area contributed by atoms with Crippen LogP contribution in [-0.2, 0) is 9.59 Å². The van der Waals surface area contributed by atoms with E-state index in [2.05, 4.69) is 10.6 Å². The minimum absolute atomic E-state index is 0. The first-order chi connectivity index (χ1) is 10.7. The molecule has 0 radical (unpaired) electrons. The van der Waals surface area contributed by atoms with Gasteiger partial charge in [-0.3, -0.25) is 9.59 Å². The number of nitrogens with one attached hydrogen (secondary N) is 2. The van der Waals surface area contributed by atoms with E-state index in [1.165, 1.54) is 31.0 Å². The van der Waals surface area contributed by atoms with E-state index in [1.807, 2.05) is 11.9 Å². The van der Waals surface area contributed by atoms with Crippen molar-refractivity contribution in [3.63, 3.8) is 0 Å². The van der Waals surface area contributed by atoms with Gasteiger partial charge in [-0.2, -0.15) is 0 Å². The van der Waals surface area contributed by atoms with Gasteiger partial charge in [0.25, 0.3) is 0 Å². The third-order valence-electron chi connectivity index (χ3n) is 4.64. The molecule has 2 rings (SSSR count). The van der Waals surface area contributed by atoms with Crippen LogP contribution in [0.5, 0.6) is 0 Å². The number of amides is 2. The van der Waals surface area contributed by atoms with Gasteiger partial charge in [-0.1, -0.05) is 19.3 Å². The molecule has 2 fully saturated rings. The molecule has 2 amide bonds. The molecule has 0 bridgehead atoms. The Labute approximate surface area is 150 Å². The standard InChI is InChI=1S/C16H29N3O2S.ClH/c1-19(14-7-3-2-4-8-14)16(21)12-22-11-15(20)18-13-6-5-9-17-10-13;/h13-14,17H,2-12H2,1H3,(H,18,20);1H/t13-;/m0./s1. The monoisotopic (exact) mass is 363 g/mol. The summed E-state index contributed by atoms with van der Waals surface area (Å²) in [5.41, 5.74) is 0. The van der Waals surface area contributed by atoms with Crippen molar-refractivity contribution in [3.8, 4) is 0 Å². The van der Waals surface area contributed by atoms with Gasteiger partial charge in [0.2, 0.25) is 11.8 Å². The molecule has 2 aliphatic rings. The molecule has 1 aliphatic carbocycles. The minimum atomic E-state index is 0. The number of hydrogen-bond donors (Lipinski definition) is 2. The Balaban J connectivity index is 0.00000264. The number of carbonyl (C=O) groups excluding carboxylic acids is 2. The Bertz CT molecular complexity index is 372. The number of halogens is 1. The lowest BCUT2D eigenvalue weighted by Crippen LogP contribution is -2.46. The maximum atomic E-state index is 12.2. The molecule has 0 aromatic rings. The van der Waals surface area contributed by atoms with E-state index < -0.39 is 0 Å². The summed E-state index contributed by atoms with van der Waals surface area (Å²) in [6, 6.07) is 0.659. The lowest BCUT2D eigenvalue weighted by molar-refractivity contribution is -0.129. The molecular formula is C16H30ClN3O2S. The fourth-order valence-electron chi connectivity index (χ4n) is 3.25. The van der Waals surface area contributed by atoms with Crippen LogP contribution < -0.4 is 10.6 Å². The van der Waals surface area contributed by atoms with Crippen LogP contribution in [0.15, 0.2) is 0 Å².